The summed E-state index contributed by atoms with van der Waals surface area (Å²) in [5, 5.41) is 26.6. The zero-order valence-corrected chi connectivity index (χ0v) is 14.9. The van der Waals surface area contributed by atoms with Crippen molar-refractivity contribution in [3.63, 3.8) is 0 Å². The van der Waals surface area contributed by atoms with E-state index in [4.69, 9.17) is 14.6 Å². The standard InChI is InChI=1S/C16H23NO3.C2HF3O2/c1-2-6-17-9-12(10-18)20-16-8-13-11(7-14(16)17)4-3-5-15(13)19;3-2(4,5)1(6)7/h3-5,12,14,16,18-19H,2,6-10H2,1H3;(H,6,7)/t12-,14-,16-;/m1./s1. The third-order valence-electron chi connectivity index (χ3n) is 4.74. The molecule has 152 valence electrons. The lowest BCUT2D eigenvalue weighted by atomic mass is 9.83. The number of hydrogen-bond donors (Lipinski definition) is 3. The molecular formula is C18H24F3NO5. The van der Waals surface area contributed by atoms with Gasteiger partial charge in [-0.3, -0.25) is 4.90 Å². The first-order valence-corrected chi connectivity index (χ1v) is 8.77. The van der Waals surface area contributed by atoms with Gasteiger partial charge in [-0.05, 0) is 36.6 Å². The quantitative estimate of drug-likeness (QED) is 0.730. The molecule has 0 spiro atoms. The minimum absolute atomic E-state index is 0.0665. The van der Waals surface area contributed by atoms with E-state index >= 15 is 0 Å². The number of morpholine rings is 1. The number of halogens is 3. The van der Waals surface area contributed by atoms with Gasteiger partial charge in [-0.15, -0.1) is 0 Å². The summed E-state index contributed by atoms with van der Waals surface area (Å²) in [5.41, 5.74) is 2.25. The number of ether oxygens (including phenoxy) is 1. The van der Waals surface area contributed by atoms with Crippen molar-refractivity contribution in [2.45, 2.75) is 50.6 Å². The average molecular weight is 391 g/mol. The van der Waals surface area contributed by atoms with E-state index in [0.29, 0.717) is 11.8 Å². The number of phenolic OH excluding ortho intramolecular Hbond substituents is 1. The van der Waals surface area contributed by atoms with Crippen LogP contribution in [0, 0.1) is 0 Å². The summed E-state index contributed by atoms with van der Waals surface area (Å²) in [6.45, 7) is 4.09. The Bertz CT molecular complexity index is 652. The molecule has 0 unspecified atom stereocenters. The van der Waals surface area contributed by atoms with Crippen LogP contribution in [0.5, 0.6) is 5.75 Å². The summed E-state index contributed by atoms with van der Waals surface area (Å²) in [4.78, 5) is 11.3. The Morgan fingerprint density at radius 3 is 2.56 bits per heavy atom. The number of carboxylic acids is 1. The van der Waals surface area contributed by atoms with Gasteiger partial charge in [0.05, 0.1) is 18.8 Å². The highest BCUT2D eigenvalue weighted by atomic mass is 19.4. The molecule has 1 aliphatic carbocycles. The van der Waals surface area contributed by atoms with E-state index < -0.39 is 12.1 Å². The number of rotatable bonds is 3. The van der Waals surface area contributed by atoms with Crippen molar-refractivity contribution in [2.75, 3.05) is 19.7 Å². The number of carbonyl (C=O) groups is 1. The van der Waals surface area contributed by atoms with Crippen molar-refractivity contribution in [3.8, 4) is 5.75 Å². The number of aliphatic carboxylic acids is 1. The summed E-state index contributed by atoms with van der Waals surface area (Å²) < 4.78 is 37.8. The molecule has 1 fully saturated rings. The Morgan fingerprint density at radius 1 is 1.33 bits per heavy atom. The Labute approximate surface area is 155 Å². The second-order valence-electron chi connectivity index (χ2n) is 6.67. The van der Waals surface area contributed by atoms with Crippen molar-refractivity contribution in [2.24, 2.45) is 0 Å². The molecule has 0 saturated carbocycles. The van der Waals surface area contributed by atoms with Crippen molar-refractivity contribution in [3.05, 3.63) is 29.3 Å². The summed E-state index contributed by atoms with van der Waals surface area (Å²) in [6.07, 6.45) is -2.34. The van der Waals surface area contributed by atoms with Crippen LogP contribution in [0.25, 0.3) is 0 Å². The van der Waals surface area contributed by atoms with Crippen molar-refractivity contribution >= 4 is 5.97 Å². The molecule has 1 aromatic rings. The third-order valence-corrected chi connectivity index (χ3v) is 4.74. The van der Waals surface area contributed by atoms with E-state index in [1.165, 1.54) is 5.56 Å². The molecule has 3 atom stereocenters. The molecule has 3 N–H and O–H groups in total. The predicted molar refractivity (Wildman–Crippen MR) is 90.6 cm³/mol. The lowest BCUT2D eigenvalue weighted by molar-refractivity contribution is -0.192. The van der Waals surface area contributed by atoms with Crippen molar-refractivity contribution in [1.82, 2.24) is 4.90 Å². The second kappa shape index (κ2) is 8.90. The molecule has 3 rings (SSSR count). The largest absolute Gasteiger partial charge is 0.508 e. The molecule has 2 aliphatic rings. The number of aromatic hydroxyl groups is 1. The van der Waals surface area contributed by atoms with Crippen LogP contribution in [-0.2, 0) is 22.4 Å². The van der Waals surface area contributed by atoms with Gasteiger partial charge in [0.25, 0.3) is 0 Å². The average Bonchev–Trinajstić information content (AvgIpc) is 2.61. The molecule has 0 aromatic heterocycles. The normalized spacial score (nSPS) is 25.0. The van der Waals surface area contributed by atoms with Crippen LogP contribution in [0.2, 0.25) is 0 Å². The van der Waals surface area contributed by atoms with Gasteiger partial charge in [0, 0.05) is 19.0 Å². The van der Waals surface area contributed by atoms with E-state index in [0.717, 1.165) is 37.9 Å². The SMILES string of the molecule is CCCN1C[C@H](CO)O[C@@H]2Cc3c(O)cccc3C[C@H]21.O=C(O)C(F)(F)F. The Morgan fingerprint density at radius 2 is 2.00 bits per heavy atom. The van der Waals surface area contributed by atoms with E-state index in [1.54, 1.807) is 6.07 Å². The van der Waals surface area contributed by atoms with Gasteiger partial charge in [0.2, 0.25) is 0 Å². The highest BCUT2D eigenvalue weighted by molar-refractivity contribution is 5.73. The molecular weight excluding hydrogens is 367 g/mol. The number of fused-ring (bicyclic) bond motifs is 2. The Kier molecular flexibility index (Phi) is 7.07. The molecule has 1 aliphatic heterocycles. The maximum absolute atomic E-state index is 10.6. The Balaban J connectivity index is 0.000000321. The van der Waals surface area contributed by atoms with Gasteiger partial charge in [-0.1, -0.05) is 19.1 Å². The number of alkyl halides is 3. The molecule has 1 heterocycles. The highest BCUT2D eigenvalue weighted by Gasteiger charge is 2.40. The third kappa shape index (κ3) is 5.33. The number of nitrogens with zero attached hydrogens (tertiary/aromatic N) is 1. The monoisotopic (exact) mass is 391 g/mol. The fraction of sp³-hybridized carbons (Fsp3) is 0.611. The first-order valence-electron chi connectivity index (χ1n) is 8.77. The summed E-state index contributed by atoms with van der Waals surface area (Å²) in [6, 6.07) is 6.13. The molecule has 9 heteroatoms. The van der Waals surface area contributed by atoms with Crippen LogP contribution < -0.4 is 0 Å². The first-order chi connectivity index (χ1) is 12.7. The van der Waals surface area contributed by atoms with Crippen LogP contribution in [0.3, 0.4) is 0 Å². The number of aliphatic hydroxyl groups is 1. The lowest BCUT2D eigenvalue weighted by Crippen LogP contribution is -2.58. The van der Waals surface area contributed by atoms with Crippen LogP contribution in [0.4, 0.5) is 13.2 Å². The number of benzene rings is 1. The summed E-state index contributed by atoms with van der Waals surface area (Å²) in [5.74, 6) is -2.38. The lowest BCUT2D eigenvalue weighted by Gasteiger charge is -2.47. The van der Waals surface area contributed by atoms with Gasteiger partial charge in [0.1, 0.15) is 5.75 Å². The van der Waals surface area contributed by atoms with Crippen LogP contribution in [0.15, 0.2) is 18.2 Å². The maximum atomic E-state index is 10.6. The van der Waals surface area contributed by atoms with Crippen LogP contribution >= 0.6 is 0 Å². The van der Waals surface area contributed by atoms with Gasteiger partial charge in [-0.2, -0.15) is 13.2 Å². The summed E-state index contributed by atoms with van der Waals surface area (Å²) in [7, 11) is 0. The van der Waals surface area contributed by atoms with Gasteiger partial charge < -0.3 is 20.1 Å². The molecule has 1 saturated heterocycles. The van der Waals surface area contributed by atoms with E-state index in [2.05, 4.69) is 17.9 Å². The van der Waals surface area contributed by atoms with Gasteiger partial charge >= 0.3 is 12.1 Å². The fourth-order valence-electron chi connectivity index (χ4n) is 3.58. The summed E-state index contributed by atoms with van der Waals surface area (Å²) >= 11 is 0. The second-order valence-corrected chi connectivity index (χ2v) is 6.67. The predicted octanol–water partition coefficient (Wildman–Crippen LogP) is 1.96. The zero-order valence-electron chi connectivity index (χ0n) is 14.9. The number of carboxylic acid groups (broad SMARTS) is 1. The van der Waals surface area contributed by atoms with Gasteiger partial charge in [0.15, 0.2) is 0 Å². The minimum atomic E-state index is -5.08. The maximum Gasteiger partial charge on any atom is 0.490 e. The zero-order chi connectivity index (χ0) is 20.2. The highest BCUT2D eigenvalue weighted by Crippen LogP contribution is 2.34. The molecule has 27 heavy (non-hydrogen) atoms. The smallest absolute Gasteiger partial charge is 0.490 e. The molecule has 0 amide bonds. The molecule has 0 bridgehead atoms. The minimum Gasteiger partial charge on any atom is -0.508 e. The molecule has 6 nitrogen and oxygen atoms in total. The Hall–Kier alpha value is -1.84. The topological polar surface area (TPSA) is 90.2 Å². The first kappa shape index (κ1) is 21.5. The molecule has 1 aromatic carbocycles. The van der Waals surface area contributed by atoms with Crippen molar-refractivity contribution < 1.29 is 38.0 Å². The number of phenols is 1. The van der Waals surface area contributed by atoms with Crippen LogP contribution in [0.1, 0.15) is 24.5 Å². The number of hydrogen-bond acceptors (Lipinski definition) is 5. The molecule has 0 radical (unpaired) electrons. The van der Waals surface area contributed by atoms with E-state index in [9.17, 15) is 23.4 Å². The fourth-order valence-corrected chi connectivity index (χ4v) is 3.58. The number of aliphatic hydroxyl groups excluding tert-OH is 1. The van der Waals surface area contributed by atoms with E-state index in [-0.39, 0.29) is 18.8 Å². The van der Waals surface area contributed by atoms with Gasteiger partial charge in [-0.25, -0.2) is 4.79 Å². The van der Waals surface area contributed by atoms with Crippen LogP contribution in [-0.4, -0.2) is 70.3 Å². The van der Waals surface area contributed by atoms with E-state index in [1.807, 2.05) is 6.07 Å². The van der Waals surface area contributed by atoms with Crippen molar-refractivity contribution in [1.29, 1.82) is 0 Å².